The van der Waals surface area contributed by atoms with E-state index in [-0.39, 0.29) is 18.6 Å². The maximum absolute atomic E-state index is 9.31. The number of nitrogens with two attached hydrogens (primary N) is 1. The van der Waals surface area contributed by atoms with Gasteiger partial charge in [-0.2, -0.15) is 9.97 Å². The number of aliphatic hydroxyl groups excluding tert-OH is 1. The summed E-state index contributed by atoms with van der Waals surface area (Å²) in [7, 11) is 1.77. The minimum Gasteiger partial charge on any atom is -0.394 e. The molecule has 0 aliphatic carbocycles. The molecule has 4 N–H and O–H groups in total. The minimum absolute atomic E-state index is 0.0266. The molecule has 1 aromatic heterocycles. The first-order valence-corrected chi connectivity index (χ1v) is 5.52. The molecule has 1 aliphatic rings. The fraction of sp³-hybridized carbons (Fsp3) is 0.600. The molecule has 2 rings (SSSR count). The first-order valence-electron chi connectivity index (χ1n) is 5.52. The largest absolute Gasteiger partial charge is 0.394 e. The van der Waals surface area contributed by atoms with Crippen LogP contribution in [0.5, 0.6) is 0 Å². The molecule has 94 valence electrons. The van der Waals surface area contributed by atoms with Crippen molar-refractivity contribution in [2.45, 2.75) is 6.04 Å². The Morgan fingerprint density at radius 3 is 3.18 bits per heavy atom. The highest BCUT2D eigenvalue weighted by atomic mass is 16.5. The second-order valence-electron chi connectivity index (χ2n) is 3.82. The highest BCUT2D eigenvalue weighted by molar-refractivity contribution is 5.53. The van der Waals surface area contributed by atoms with Crippen molar-refractivity contribution in [2.24, 2.45) is 0 Å². The van der Waals surface area contributed by atoms with E-state index in [4.69, 9.17) is 10.5 Å². The van der Waals surface area contributed by atoms with Gasteiger partial charge in [-0.1, -0.05) is 0 Å². The van der Waals surface area contributed by atoms with Crippen molar-refractivity contribution in [3.63, 3.8) is 0 Å². The molecule has 1 saturated heterocycles. The topological polar surface area (TPSA) is 96.5 Å². The van der Waals surface area contributed by atoms with Gasteiger partial charge >= 0.3 is 0 Å². The number of rotatable bonds is 3. The summed E-state index contributed by atoms with van der Waals surface area (Å²) in [6.07, 6.45) is 0. The van der Waals surface area contributed by atoms with Crippen molar-refractivity contribution >= 4 is 17.6 Å². The van der Waals surface area contributed by atoms with Gasteiger partial charge in [0, 0.05) is 19.7 Å². The average Bonchev–Trinajstić information content (AvgIpc) is 2.37. The van der Waals surface area contributed by atoms with Crippen LogP contribution in [-0.4, -0.2) is 54.5 Å². The van der Waals surface area contributed by atoms with Crippen molar-refractivity contribution in [2.75, 3.05) is 49.4 Å². The van der Waals surface area contributed by atoms with Gasteiger partial charge in [-0.3, -0.25) is 0 Å². The Bertz CT molecular complexity index is 387. The number of hydrogen-bond donors (Lipinski definition) is 3. The standard InChI is InChI=1S/C10H17N5O2/c1-12-8-4-9(14-10(11)13-8)15-2-3-17-6-7(15)5-16/h4,7,16H,2-3,5-6H2,1H3,(H3,11,12,13,14). The van der Waals surface area contributed by atoms with Crippen molar-refractivity contribution in [1.29, 1.82) is 0 Å². The number of anilines is 3. The van der Waals surface area contributed by atoms with Crippen LogP contribution in [0.4, 0.5) is 17.6 Å². The van der Waals surface area contributed by atoms with Crippen LogP contribution in [0.3, 0.4) is 0 Å². The molecule has 0 aromatic carbocycles. The van der Waals surface area contributed by atoms with E-state index in [1.165, 1.54) is 0 Å². The summed E-state index contributed by atoms with van der Waals surface area (Å²) in [4.78, 5) is 10.2. The first-order chi connectivity index (χ1) is 8.24. The van der Waals surface area contributed by atoms with Crippen LogP contribution in [0, 0.1) is 0 Å². The Morgan fingerprint density at radius 1 is 1.65 bits per heavy atom. The smallest absolute Gasteiger partial charge is 0.223 e. The Labute approximate surface area is 99.6 Å². The Kier molecular flexibility index (Phi) is 3.60. The molecule has 1 aromatic rings. The molecule has 17 heavy (non-hydrogen) atoms. The van der Waals surface area contributed by atoms with Gasteiger partial charge in [0.25, 0.3) is 0 Å². The number of aromatic nitrogens is 2. The van der Waals surface area contributed by atoms with Crippen molar-refractivity contribution in [3.05, 3.63) is 6.07 Å². The molecule has 0 radical (unpaired) electrons. The second kappa shape index (κ2) is 5.15. The van der Waals surface area contributed by atoms with E-state index in [2.05, 4.69) is 15.3 Å². The lowest BCUT2D eigenvalue weighted by Crippen LogP contribution is -2.48. The predicted molar refractivity (Wildman–Crippen MR) is 65.0 cm³/mol. The molecule has 0 saturated carbocycles. The van der Waals surface area contributed by atoms with E-state index < -0.39 is 0 Å². The molecule has 1 aliphatic heterocycles. The summed E-state index contributed by atoms with van der Waals surface area (Å²) in [5.74, 6) is 1.59. The number of aliphatic hydroxyl groups is 1. The SMILES string of the molecule is CNc1cc(N2CCOCC2CO)nc(N)n1. The van der Waals surface area contributed by atoms with Gasteiger partial charge in [-0.25, -0.2) is 0 Å². The summed E-state index contributed by atoms with van der Waals surface area (Å²) in [5.41, 5.74) is 5.65. The molecule has 0 bridgehead atoms. The summed E-state index contributed by atoms with van der Waals surface area (Å²) < 4.78 is 5.32. The number of ether oxygens (including phenoxy) is 1. The zero-order chi connectivity index (χ0) is 12.3. The van der Waals surface area contributed by atoms with Crippen LogP contribution in [0.15, 0.2) is 6.07 Å². The number of nitrogen functional groups attached to an aromatic ring is 1. The van der Waals surface area contributed by atoms with Gasteiger partial charge in [0.2, 0.25) is 5.95 Å². The minimum atomic E-state index is -0.0808. The van der Waals surface area contributed by atoms with Gasteiger partial charge in [0.15, 0.2) is 0 Å². The lowest BCUT2D eigenvalue weighted by molar-refractivity contribution is 0.0723. The quantitative estimate of drug-likeness (QED) is 0.641. The summed E-state index contributed by atoms with van der Waals surface area (Å²) in [6.45, 7) is 1.83. The lowest BCUT2D eigenvalue weighted by atomic mass is 10.2. The van der Waals surface area contributed by atoms with Crippen LogP contribution in [0.2, 0.25) is 0 Å². The highest BCUT2D eigenvalue weighted by Gasteiger charge is 2.24. The molecular weight excluding hydrogens is 222 g/mol. The van der Waals surface area contributed by atoms with Gasteiger partial charge in [-0.05, 0) is 0 Å². The molecule has 7 nitrogen and oxygen atoms in total. The van der Waals surface area contributed by atoms with Crippen molar-refractivity contribution in [1.82, 2.24) is 9.97 Å². The monoisotopic (exact) mass is 239 g/mol. The van der Waals surface area contributed by atoms with Crippen LogP contribution in [-0.2, 0) is 4.74 Å². The molecule has 2 heterocycles. The third kappa shape index (κ3) is 2.56. The summed E-state index contributed by atoms with van der Waals surface area (Å²) in [5, 5.41) is 12.2. The van der Waals surface area contributed by atoms with Gasteiger partial charge < -0.3 is 25.8 Å². The first kappa shape index (κ1) is 11.9. The normalized spacial score (nSPS) is 20.4. The Morgan fingerprint density at radius 2 is 2.47 bits per heavy atom. The number of nitrogens with zero attached hydrogens (tertiary/aromatic N) is 3. The molecule has 1 fully saturated rings. The van der Waals surface area contributed by atoms with E-state index in [0.717, 1.165) is 0 Å². The zero-order valence-corrected chi connectivity index (χ0v) is 9.76. The Hall–Kier alpha value is -1.60. The Balaban J connectivity index is 2.27. The molecular formula is C10H17N5O2. The van der Waals surface area contributed by atoms with Crippen LogP contribution < -0.4 is 16.0 Å². The van der Waals surface area contributed by atoms with E-state index >= 15 is 0 Å². The van der Waals surface area contributed by atoms with Gasteiger partial charge in [0.05, 0.1) is 25.9 Å². The fourth-order valence-corrected chi connectivity index (χ4v) is 1.84. The molecule has 1 unspecified atom stereocenters. The van der Waals surface area contributed by atoms with Crippen LogP contribution in [0.25, 0.3) is 0 Å². The third-order valence-electron chi connectivity index (χ3n) is 2.72. The van der Waals surface area contributed by atoms with E-state index in [1.54, 1.807) is 7.05 Å². The predicted octanol–water partition coefficient (Wildman–Crippen LogP) is -0.702. The van der Waals surface area contributed by atoms with E-state index in [0.29, 0.717) is 31.4 Å². The maximum Gasteiger partial charge on any atom is 0.223 e. The highest BCUT2D eigenvalue weighted by Crippen LogP contribution is 2.20. The van der Waals surface area contributed by atoms with Gasteiger partial charge in [-0.15, -0.1) is 0 Å². The maximum atomic E-state index is 9.31. The van der Waals surface area contributed by atoms with E-state index in [9.17, 15) is 5.11 Å². The number of hydrogen-bond acceptors (Lipinski definition) is 7. The number of nitrogens with one attached hydrogen (secondary N) is 1. The van der Waals surface area contributed by atoms with Crippen molar-refractivity contribution in [3.8, 4) is 0 Å². The third-order valence-corrected chi connectivity index (χ3v) is 2.72. The van der Waals surface area contributed by atoms with Gasteiger partial charge in [0.1, 0.15) is 11.6 Å². The lowest BCUT2D eigenvalue weighted by Gasteiger charge is -2.35. The molecule has 0 spiro atoms. The fourth-order valence-electron chi connectivity index (χ4n) is 1.84. The molecule has 0 amide bonds. The van der Waals surface area contributed by atoms with Crippen molar-refractivity contribution < 1.29 is 9.84 Å². The van der Waals surface area contributed by atoms with E-state index in [1.807, 2.05) is 11.0 Å². The van der Waals surface area contributed by atoms with Crippen LogP contribution >= 0.6 is 0 Å². The number of morpholine rings is 1. The molecule has 7 heteroatoms. The summed E-state index contributed by atoms with van der Waals surface area (Å²) in [6, 6.07) is 1.73. The summed E-state index contributed by atoms with van der Waals surface area (Å²) >= 11 is 0. The average molecular weight is 239 g/mol. The second-order valence-corrected chi connectivity index (χ2v) is 3.82. The zero-order valence-electron chi connectivity index (χ0n) is 9.76. The van der Waals surface area contributed by atoms with Crippen LogP contribution in [0.1, 0.15) is 0 Å². The molecule has 1 atom stereocenters.